The van der Waals surface area contributed by atoms with Crippen molar-refractivity contribution < 1.29 is 19.2 Å². The number of ether oxygens (including phenoxy) is 1. The van der Waals surface area contributed by atoms with Crippen LogP contribution in [0.4, 0.5) is 0 Å². The highest BCUT2D eigenvalue weighted by Gasteiger charge is 2.31. The van der Waals surface area contributed by atoms with E-state index in [9.17, 15) is 9.59 Å². The lowest BCUT2D eigenvalue weighted by atomic mass is 10.0. The highest BCUT2D eigenvalue weighted by molar-refractivity contribution is 6.34. The van der Waals surface area contributed by atoms with E-state index in [1.165, 1.54) is 0 Å². The van der Waals surface area contributed by atoms with Gasteiger partial charge in [-0.1, -0.05) is 23.7 Å². The number of nitrogens with zero attached hydrogens (tertiary/aromatic N) is 1. The number of amides is 2. The molecule has 0 bridgehead atoms. The van der Waals surface area contributed by atoms with Gasteiger partial charge in [0.2, 0.25) is 12.0 Å². The first-order valence-electron chi connectivity index (χ1n) is 8.11. The third-order valence-corrected chi connectivity index (χ3v) is 4.08. The molecule has 1 aliphatic heterocycles. The van der Waals surface area contributed by atoms with Gasteiger partial charge in [-0.15, -0.1) is 0 Å². The predicted molar refractivity (Wildman–Crippen MR) is 94.9 cm³/mol. The Bertz CT molecular complexity index is 678. The third kappa shape index (κ3) is 4.85. The summed E-state index contributed by atoms with van der Waals surface area (Å²) in [5, 5.41) is 9.82. The van der Waals surface area contributed by atoms with Gasteiger partial charge in [0.25, 0.3) is 5.91 Å². The molecule has 1 heterocycles. The van der Waals surface area contributed by atoms with Crippen LogP contribution in [0.25, 0.3) is 0 Å². The zero-order chi connectivity index (χ0) is 18.4. The zero-order valence-corrected chi connectivity index (χ0v) is 15.2. The molecule has 0 fully saturated rings. The summed E-state index contributed by atoms with van der Waals surface area (Å²) in [5.74, 6) is 0.0123. The minimum absolute atomic E-state index is 0.231. The van der Waals surface area contributed by atoms with Crippen LogP contribution >= 0.6 is 11.6 Å². The molecule has 25 heavy (non-hydrogen) atoms. The van der Waals surface area contributed by atoms with Gasteiger partial charge in [-0.2, -0.15) is 0 Å². The van der Waals surface area contributed by atoms with E-state index in [2.05, 4.69) is 15.8 Å². The molecule has 7 nitrogen and oxygen atoms in total. The Morgan fingerprint density at radius 2 is 2.24 bits per heavy atom. The van der Waals surface area contributed by atoms with Crippen LogP contribution in [0.5, 0.6) is 5.75 Å². The van der Waals surface area contributed by atoms with Crippen LogP contribution in [0.1, 0.15) is 32.3 Å². The normalized spacial score (nSPS) is 17.3. The van der Waals surface area contributed by atoms with Crippen LogP contribution in [0.3, 0.4) is 0 Å². The summed E-state index contributed by atoms with van der Waals surface area (Å²) in [7, 11) is 1.56. The van der Waals surface area contributed by atoms with E-state index in [-0.39, 0.29) is 12.3 Å². The molecule has 1 aromatic rings. The molecule has 2 amide bonds. The van der Waals surface area contributed by atoms with E-state index in [4.69, 9.17) is 21.2 Å². The minimum Gasteiger partial charge on any atom is -0.497 e. The molecule has 0 aliphatic carbocycles. The van der Waals surface area contributed by atoms with Gasteiger partial charge in [0, 0.05) is 18.5 Å². The van der Waals surface area contributed by atoms with Crippen molar-refractivity contribution in [2.75, 3.05) is 13.7 Å². The molecular formula is C17H22ClN3O4. The van der Waals surface area contributed by atoms with Crippen molar-refractivity contribution in [3.63, 3.8) is 0 Å². The molecule has 0 spiro atoms. The van der Waals surface area contributed by atoms with E-state index in [0.717, 1.165) is 6.42 Å². The van der Waals surface area contributed by atoms with E-state index in [1.54, 1.807) is 32.2 Å². The van der Waals surface area contributed by atoms with Crippen LogP contribution in [-0.2, 0) is 14.4 Å². The summed E-state index contributed by atoms with van der Waals surface area (Å²) in [4.78, 5) is 29.3. The molecule has 0 saturated heterocycles. The number of hydrogen-bond acceptors (Lipinski definition) is 5. The molecule has 2 atom stereocenters. The summed E-state index contributed by atoms with van der Waals surface area (Å²) in [6.45, 7) is 4.15. The first-order valence-corrected chi connectivity index (χ1v) is 8.48. The third-order valence-electron chi connectivity index (χ3n) is 3.75. The second-order valence-corrected chi connectivity index (χ2v) is 6.11. The van der Waals surface area contributed by atoms with Crippen molar-refractivity contribution in [3.8, 4) is 5.75 Å². The number of benzene rings is 1. The SMILES string of the molecule is CCCNC(=O)C(C)NC(=O)C1CC(c2cc(OC)ccc2Cl)=NO1. The highest BCUT2D eigenvalue weighted by Crippen LogP contribution is 2.27. The standard InChI is InChI=1S/C17H22ClN3O4/c1-4-7-19-16(22)10(2)20-17(23)15-9-14(21-25-15)12-8-11(24-3)5-6-13(12)18/h5-6,8,10,15H,4,7,9H2,1-3H3,(H,19,22)(H,20,23). The molecule has 2 N–H and O–H groups in total. The van der Waals surface area contributed by atoms with Crippen LogP contribution in [-0.4, -0.2) is 43.3 Å². The maximum absolute atomic E-state index is 12.3. The average Bonchev–Trinajstić information content (AvgIpc) is 3.10. The van der Waals surface area contributed by atoms with Gasteiger partial charge in [0.15, 0.2) is 0 Å². The van der Waals surface area contributed by atoms with Gasteiger partial charge in [0.05, 0.1) is 17.8 Å². The number of carbonyl (C=O) groups excluding carboxylic acids is 2. The Kier molecular flexibility index (Phi) is 6.64. The smallest absolute Gasteiger partial charge is 0.264 e. The first-order chi connectivity index (χ1) is 12.0. The Hall–Kier alpha value is -2.28. The Morgan fingerprint density at radius 3 is 2.92 bits per heavy atom. The molecule has 8 heteroatoms. The quantitative estimate of drug-likeness (QED) is 0.770. The van der Waals surface area contributed by atoms with Crippen LogP contribution in [0.15, 0.2) is 23.4 Å². The van der Waals surface area contributed by atoms with Gasteiger partial charge < -0.3 is 20.2 Å². The number of carbonyl (C=O) groups is 2. The number of rotatable bonds is 7. The number of methoxy groups -OCH3 is 1. The average molecular weight is 368 g/mol. The lowest BCUT2D eigenvalue weighted by molar-refractivity contribution is -0.135. The maximum atomic E-state index is 12.3. The van der Waals surface area contributed by atoms with Crippen molar-refractivity contribution in [2.24, 2.45) is 5.16 Å². The van der Waals surface area contributed by atoms with E-state index >= 15 is 0 Å². The number of hydrogen-bond donors (Lipinski definition) is 2. The summed E-state index contributed by atoms with van der Waals surface area (Å²) in [5.41, 5.74) is 1.22. The monoisotopic (exact) mass is 367 g/mol. The summed E-state index contributed by atoms with van der Waals surface area (Å²) in [6.07, 6.45) is 0.303. The van der Waals surface area contributed by atoms with Gasteiger partial charge in [-0.3, -0.25) is 9.59 Å². The van der Waals surface area contributed by atoms with Crippen molar-refractivity contribution in [1.29, 1.82) is 0 Å². The van der Waals surface area contributed by atoms with Gasteiger partial charge in [0.1, 0.15) is 11.8 Å². The number of halogens is 1. The lowest BCUT2D eigenvalue weighted by Gasteiger charge is -2.15. The molecule has 136 valence electrons. The Labute approximate surface area is 151 Å². The van der Waals surface area contributed by atoms with E-state index < -0.39 is 18.1 Å². The molecule has 0 aromatic heterocycles. The minimum atomic E-state index is -0.793. The lowest BCUT2D eigenvalue weighted by Crippen LogP contribution is -2.48. The van der Waals surface area contributed by atoms with E-state index in [0.29, 0.717) is 28.6 Å². The molecular weight excluding hydrogens is 346 g/mol. The van der Waals surface area contributed by atoms with Crippen molar-refractivity contribution in [3.05, 3.63) is 28.8 Å². The Balaban J connectivity index is 1.95. The first kappa shape index (κ1) is 19.1. The van der Waals surface area contributed by atoms with Crippen molar-refractivity contribution >= 4 is 29.1 Å². The van der Waals surface area contributed by atoms with Crippen molar-refractivity contribution in [1.82, 2.24) is 10.6 Å². The zero-order valence-electron chi connectivity index (χ0n) is 14.5. The highest BCUT2D eigenvalue weighted by atomic mass is 35.5. The second kappa shape index (κ2) is 8.71. The maximum Gasteiger partial charge on any atom is 0.264 e. The van der Waals surface area contributed by atoms with Crippen LogP contribution in [0, 0.1) is 0 Å². The molecule has 2 rings (SSSR count). The molecule has 1 aromatic carbocycles. The van der Waals surface area contributed by atoms with Crippen LogP contribution < -0.4 is 15.4 Å². The summed E-state index contributed by atoms with van der Waals surface area (Å²) < 4.78 is 5.18. The fraction of sp³-hybridized carbons (Fsp3) is 0.471. The Morgan fingerprint density at radius 1 is 1.48 bits per heavy atom. The molecule has 1 aliphatic rings. The molecule has 2 unspecified atom stereocenters. The molecule has 0 radical (unpaired) electrons. The van der Waals surface area contributed by atoms with Crippen LogP contribution in [0.2, 0.25) is 5.02 Å². The summed E-state index contributed by atoms with van der Waals surface area (Å²) >= 11 is 6.19. The fourth-order valence-corrected chi connectivity index (χ4v) is 2.53. The fourth-order valence-electron chi connectivity index (χ4n) is 2.30. The van der Waals surface area contributed by atoms with Gasteiger partial charge >= 0.3 is 0 Å². The number of nitrogens with one attached hydrogen (secondary N) is 2. The van der Waals surface area contributed by atoms with E-state index in [1.807, 2.05) is 6.92 Å². The summed E-state index contributed by atoms with van der Waals surface area (Å²) in [6, 6.07) is 4.53. The number of oxime groups is 1. The largest absolute Gasteiger partial charge is 0.497 e. The predicted octanol–water partition coefficient (Wildman–Crippen LogP) is 1.87. The van der Waals surface area contributed by atoms with Gasteiger partial charge in [-0.05, 0) is 31.5 Å². The van der Waals surface area contributed by atoms with Crippen molar-refractivity contribution in [2.45, 2.75) is 38.8 Å². The molecule has 0 saturated carbocycles. The topological polar surface area (TPSA) is 89.0 Å². The van der Waals surface area contributed by atoms with Gasteiger partial charge in [-0.25, -0.2) is 0 Å². The second-order valence-electron chi connectivity index (χ2n) is 5.70.